The Hall–Kier alpha value is -2.04. The minimum atomic E-state index is -0.630. The molecule has 0 spiro atoms. The molecule has 2 unspecified atom stereocenters. The Morgan fingerprint density at radius 3 is 2.50 bits per heavy atom. The van der Waals surface area contributed by atoms with E-state index in [0.717, 1.165) is 19.5 Å². The van der Waals surface area contributed by atoms with Gasteiger partial charge in [-0.2, -0.15) is 0 Å². The number of hydrogen-bond acceptors (Lipinski definition) is 2. The molecule has 1 fully saturated rings. The summed E-state index contributed by atoms with van der Waals surface area (Å²) in [6, 6.07) is 6.25. The van der Waals surface area contributed by atoms with Crippen molar-refractivity contribution in [1.29, 1.82) is 0 Å². The lowest BCUT2D eigenvalue weighted by molar-refractivity contribution is 0.0623. The molecule has 1 heterocycles. The number of carbonyl (C=O) groups is 2. The molecule has 2 atom stereocenters. The summed E-state index contributed by atoms with van der Waals surface area (Å²) in [5.41, 5.74) is 6.21. The largest absolute Gasteiger partial charge is 0.351 e. The van der Waals surface area contributed by atoms with E-state index in [0.29, 0.717) is 23.1 Å². The number of hydrogen-bond donors (Lipinski definition) is 2. The molecule has 3 N–H and O–H groups in total. The standard InChI is InChI=1S/C15H21N3O2/c1-10-6-11(2)9-18(8-10)14(19)12-4-3-5-13(7-12)17-15(16)20/h3-5,7,10-11H,6,8-9H2,1-2H3,(H3,16,17,20). The SMILES string of the molecule is CC1CC(C)CN(C(=O)c2cccc(NC(N)=O)c2)C1. The molecule has 0 aliphatic carbocycles. The second-order valence-electron chi connectivity index (χ2n) is 5.73. The number of nitrogens with two attached hydrogens (primary N) is 1. The number of benzene rings is 1. The number of urea groups is 1. The summed E-state index contributed by atoms with van der Waals surface area (Å²) in [6.45, 7) is 5.91. The van der Waals surface area contributed by atoms with Crippen LogP contribution in [0.1, 0.15) is 30.6 Å². The maximum atomic E-state index is 12.5. The van der Waals surface area contributed by atoms with Crippen molar-refractivity contribution < 1.29 is 9.59 Å². The Morgan fingerprint density at radius 1 is 1.25 bits per heavy atom. The molecule has 5 nitrogen and oxygen atoms in total. The molecule has 1 aromatic carbocycles. The van der Waals surface area contributed by atoms with Crippen molar-refractivity contribution in [1.82, 2.24) is 4.90 Å². The summed E-state index contributed by atoms with van der Waals surface area (Å²) in [4.78, 5) is 25.3. The Morgan fingerprint density at radius 2 is 1.90 bits per heavy atom. The van der Waals surface area contributed by atoms with Crippen molar-refractivity contribution in [3.63, 3.8) is 0 Å². The molecule has 0 aromatic heterocycles. The van der Waals surface area contributed by atoms with Gasteiger partial charge in [-0.05, 0) is 36.5 Å². The Labute approximate surface area is 119 Å². The first kappa shape index (κ1) is 14.4. The van der Waals surface area contributed by atoms with Gasteiger partial charge in [-0.25, -0.2) is 4.79 Å². The van der Waals surface area contributed by atoms with E-state index in [4.69, 9.17) is 5.73 Å². The van der Waals surface area contributed by atoms with E-state index in [2.05, 4.69) is 19.2 Å². The van der Waals surface area contributed by atoms with Crippen LogP contribution < -0.4 is 11.1 Å². The molecule has 108 valence electrons. The monoisotopic (exact) mass is 275 g/mol. The van der Waals surface area contributed by atoms with Gasteiger partial charge in [0.15, 0.2) is 0 Å². The average molecular weight is 275 g/mol. The molecule has 1 saturated heterocycles. The average Bonchev–Trinajstić information content (AvgIpc) is 2.36. The lowest BCUT2D eigenvalue weighted by atomic mass is 9.91. The van der Waals surface area contributed by atoms with Crippen molar-refractivity contribution in [2.45, 2.75) is 20.3 Å². The third-order valence-electron chi connectivity index (χ3n) is 3.53. The van der Waals surface area contributed by atoms with Gasteiger partial charge in [-0.1, -0.05) is 19.9 Å². The molecule has 0 radical (unpaired) electrons. The van der Waals surface area contributed by atoms with Crippen LogP contribution in [0, 0.1) is 11.8 Å². The fraction of sp³-hybridized carbons (Fsp3) is 0.467. The van der Waals surface area contributed by atoms with Gasteiger partial charge >= 0.3 is 6.03 Å². The number of carbonyl (C=O) groups excluding carboxylic acids is 2. The molecule has 20 heavy (non-hydrogen) atoms. The van der Waals surface area contributed by atoms with Gasteiger partial charge in [-0.15, -0.1) is 0 Å². The van der Waals surface area contributed by atoms with Crippen molar-refractivity contribution in [3.8, 4) is 0 Å². The predicted octanol–water partition coefficient (Wildman–Crippen LogP) is 2.30. The molecule has 1 aromatic rings. The second-order valence-corrected chi connectivity index (χ2v) is 5.73. The first-order chi connectivity index (χ1) is 9.45. The van der Waals surface area contributed by atoms with E-state index in [1.807, 2.05) is 4.90 Å². The summed E-state index contributed by atoms with van der Waals surface area (Å²) >= 11 is 0. The van der Waals surface area contributed by atoms with E-state index in [-0.39, 0.29) is 5.91 Å². The summed E-state index contributed by atoms with van der Waals surface area (Å²) in [5.74, 6) is 1.06. The quantitative estimate of drug-likeness (QED) is 0.869. The number of anilines is 1. The van der Waals surface area contributed by atoms with Crippen LogP contribution >= 0.6 is 0 Å². The Balaban J connectivity index is 2.14. The molecule has 2 rings (SSSR count). The fourth-order valence-corrected chi connectivity index (χ4v) is 2.88. The van der Waals surface area contributed by atoms with Crippen LogP contribution in [-0.4, -0.2) is 29.9 Å². The van der Waals surface area contributed by atoms with Crippen molar-refractivity contribution >= 4 is 17.6 Å². The summed E-state index contributed by atoms with van der Waals surface area (Å²) < 4.78 is 0. The number of nitrogens with one attached hydrogen (secondary N) is 1. The molecule has 0 bridgehead atoms. The molecule has 1 aliphatic heterocycles. The van der Waals surface area contributed by atoms with Crippen molar-refractivity contribution in [3.05, 3.63) is 29.8 Å². The third-order valence-corrected chi connectivity index (χ3v) is 3.53. The molecular formula is C15H21N3O2. The molecule has 5 heteroatoms. The topological polar surface area (TPSA) is 75.4 Å². The molecular weight excluding hydrogens is 254 g/mol. The highest BCUT2D eigenvalue weighted by atomic mass is 16.2. The summed E-state index contributed by atoms with van der Waals surface area (Å²) in [5, 5.41) is 2.49. The third kappa shape index (κ3) is 3.50. The highest BCUT2D eigenvalue weighted by Crippen LogP contribution is 2.23. The van der Waals surface area contributed by atoms with Crippen LogP contribution in [0.2, 0.25) is 0 Å². The van der Waals surface area contributed by atoms with Gasteiger partial charge in [0.25, 0.3) is 5.91 Å². The smallest absolute Gasteiger partial charge is 0.316 e. The number of rotatable bonds is 2. The van der Waals surface area contributed by atoms with Crippen molar-refractivity contribution in [2.24, 2.45) is 17.6 Å². The number of likely N-dealkylation sites (tertiary alicyclic amines) is 1. The Bertz CT molecular complexity index is 506. The van der Waals surface area contributed by atoms with Gasteiger partial charge < -0.3 is 16.0 Å². The first-order valence-corrected chi connectivity index (χ1v) is 6.91. The van der Waals surface area contributed by atoms with Crippen LogP contribution in [0.5, 0.6) is 0 Å². The minimum Gasteiger partial charge on any atom is -0.351 e. The van der Waals surface area contributed by atoms with Gasteiger partial charge in [0.2, 0.25) is 0 Å². The van der Waals surface area contributed by atoms with Gasteiger partial charge in [0.1, 0.15) is 0 Å². The second kappa shape index (κ2) is 5.94. The van der Waals surface area contributed by atoms with Gasteiger partial charge in [0.05, 0.1) is 0 Å². The van der Waals surface area contributed by atoms with Crippen LogP contribution in [0.25, 0.3) is 0 Å². The lowest BCUT2D eigenvalue weighted by Crippen LogP contribution is -2.42. The van der Waals surface area contributed by atoms with Crippen LogP contribution in [-0.2, 0) is 0 Å². The number of piperidine rings is 1. The number of primary amides is 1. The van der Waals surface area contributed by atoms with Crippen LogP contribution in [0.4, 0.5) is 10.5 Å². The van der Waals surface area contributed by atoms with E-state index >= 15 is 0 Å². The zero-order chi connectivity index (χ0) is 14.7. The highest BCUT2D eigenvalue weighted by Gasteiger charge is 2.26. The van der Waals surface area contributed by atoms with Crippen LogP contribution in [0.3, 0.4) is 0 Å². The van der Waals surface area contributed by atoms with Gasteiger partial charge in [0, 0.05) is 24.3 Å². The van der Waals surface area contributed by atoms with E-state index < -0.39 is 6.03 Å². The van der Waals surface area contributed by atoms with E-state index in [1.54, 1.807) is 24.3 Å². The van der Waals surface area contributed by atoms with Crippen molar-refractivity contribution in [2.75, 3.05) is 18.4 Å². The van der Waals surface area contributed by atoms with Gasteiger partial charge in [-0.3, -0.25) is 4.79 Å². The highest BCUT2D eigenvalue weighted by molar-refractivity contribution is 5.96. The first-order valence-electron chi connectivity index (χ1n) is 6.91. The number of amides is 3. The fourth-order valence-electron chi connectivity index (χ4n) is 2.88. The normalized spacial score (nSPS) is 22.4. The summed E-state index contributed by atoms with van der Waals surface area (Å²) in [6.07, 6.45) is 1.16. The van der Waals surface area contributed by atoms with E-state index in [1.165, 1.54) is 0 Å². The molecule has 3 amide bonds. The zero-order valence-electron chi connectivity index (χ0n) is 11.9. The lowest BCUT2D eigenvalue weighted by Gasteiger charge is -2.35. The molecule has 0 saturated carbocycles. The maximum absolute atomic E-state index is 12.5. The zero-order valence-corrected chi connectivity index (χ0v) is 11.9. The Kier molecular flexibility index (Phi) is 4.27. The van der Waals surface area contributed by atoms with Crippen LogP contribution in [0.15, 0.2) is 24.3 Å². The minimum absolute atomic E-state index is 0.0107. The van der Waals surface area contributed by atoms with E-state index in [9.17, 15) is 9.59 Å². The summed E-state index contributed by atoms with van der Waals surface area (Å²) in [7, 11) is 0. The number of nitrogens with zero attached hydrogens (tertiary/aromatic N) is 1. The molecule has 1 aliphatic rings. The predicted molar refractivity (Wildman–Crippen MR) is 78.5 cm³/mol. The maximum Gasteiger partial charge on any atom is 0.316 e.